The lowest BCUT2D eigenvalue weighted by molar-refractivity contribution is -0.144. The Bertz CT molecular complexity index is 823. The van der Waals surface area contributed by atoms with Crippen molar-refractivity contribution in [1.29, 1.82) is 0 Å². The Morgan fingerprint density at radius 1 is 1.29 bits per heavy atom. The maximum atomic E-state index is 12.8. The lowest BCUT2D eigenvalue weighted by atomic mass is 10.2. The fourth-order valence-electron chi connectivity index (χ4n) is 2.30. The van der Waals surface area contributed by atoms with Crippen molar-refractivity contribution in [3.05, 3.63) is 36.0 Å². The average molecular weight is 339 g/mol. The summed E-state index contributed by atoms with van der Waals surface area (Å²) in [4.78, 5) is 7.45. The molecular weight excluding hydrogens is 323 g/mol. The fraction of sp³-hybridized carbons (Fsp3) is 0.429. The van der Waals surface area contributed by atoms with E-state index in [2.05, 4.69) is 25.5 Å². The van der Waals surface area contributed by atoms with Crippen molar-refractivity contribution < 1.29 is 13.2 Å². The third-order valence-electron chi connectivity index (χ3n) is 3.38. The molecule has 1 atom stereocenters. The molecule has 10 heteroatoms. The second-order valence-corrected chi connectivity index (χ2v) is 5.64. The van der Waals surface area contributed by atoms with Gasteiger partial charge in [0.05, 0.1) is 0 Å². The second kappa shape index (κ2) is 6.10. The van der Waals surface area contributed by atoms with E-state index in [9.17, 15) is 13.2 Å². The first-order valence-corrected chi connectivity index (χ1v) is 7.36. The van der Waals surface area contributed by atoms with Crippen LogP contribution in [0.5, 0.6) is 0 Å². The van der Waals surface area contributed by atoms with Crippen molar-refractivity contribution in [1.82, 2.24) is 29.4 Å². The van der Waals surface area contributed by atoms with Gasteiger partial charge in [0.15, 0.2) is 0 Å². The first kappa shape index (κ1) is 16.2. The van der Waals surface area contributed by atoms with Gasteiger partial charge in [0.2, 0.25) is 0 Å². The molecule has 3 aromatic rings. The monoisotopic (exact) mass is 339 g/mol. The highest BCUT2D eigenvalue weighted by Gasteiger charge is 2.36. The normalized spacial score (nSPS) is 13.4. The van der Waals surface area contributed by atoms with Gasteiger partial charge in [-0.1, -0.05) is 6.92 Å². The molecule has 0 aliphatic heterocycles. The first-order valence-electron chi connectivity index (χ1n) is 7.36. The van der Waals surface area contributed by atoms with Gasteiger partial charge in [-0.2, -0.15) is 27.8 Å². The third kappa shape index (κ3) is 3.47. The molecule has 3 aromatic heterocycles. The number of hydrogen-bond acceptors (Lipinski definition) is 5. The molecule has 7 nitrogen and oxygen atoms in total. The summed E-state index contributed by atoms with van der Waals surface area (Å²) in [5.41, 5.74) is 0.561. The number of aryl methyl sites for hydroxylation is 1. The standard InChI is InChI=1S/C14H16F3N7/c1-9(8-23-5-3-4-19-23)7-18-11-6-10(2)20-13-21-12(14(15,16)17)22-24(11)13/h3-6,9,18H,7-8H2,1-2H3/t9-/m0/s1. The molecule has 0 unspecified atom stereocenters. The lowest BCUT2D eigenvalue weighted by Crippen LogP contribution is -2.19. The highest BCUT2D eigenvalue weighted by Crippen LogP contribution is 2.27. The van der Waals surface area contributed by atoms with Gasteiger partial charge in [-0.05, 0) is 18.9 Å². The molecule has 0 aliphatic rings. The molecule has 128 valence electrons. The summed E-state index contributed by atoms with van der Waals surface area (Å²) in [6.45, 7) is 4.95. The zero-order valence-electron chi connectivity index (χ0n) is 13.1. The van der Waals surface area contributed by atoms with Crippen molar-refractivity contribution in [2.45, 2.75) is 26.6 Å². The van der Waals surface area contributed by atoms with Crippen LogP contribution in [0.3, 0.4) is 0 Å². The summed E-state index contributed by atoms with van der Waals surface area (Å²) in [7, 11) is 0. The number of fused-ring (bicyclic) bond motifs is 1. The van der Waals surface area contributed by atoms with Gasteiger partial charge in [-0.3, -0.25) is 4.68 Å². The molecule has 0 spiro atoms. The molecule has 0 fully saturated rings. The second-order valence-electron chi connectivity index (χ2n) is 5.64. The Kier molecular flexibility index (Phi) is 4.12. The highest BCUT2D eigenvalue weighted by molar-refractivity contribution is 5.45. The molecule has 0 aliphatic carbocycles. The highest BCUT2D eigenvalue weighted by atomic mass is 19.4. The minimum atomic E-state index is -4.60. The van der Waals surface area contributed by atoms with Crippen molar-refractivity contribution in [3.63, 3.8) is 0 Å². The summed E-state index contributed by atoms with van der Waals surface area (Å²) < 4.78 is 41.2. The number of anilines is 1. The molecule has 0 saturated carbocycles. The zero-order valence-corrected chi connectivity index (χ0v) is 13.1. The SMILES string of the molecule is Cc1cc(NC[C@H](C)Cn2cccn2)n2nc(C(F)(F)F)nc2n1. The van der Waals surface area contributed by atoms with Crippen LogP contribution in [-0.2, 0) is 12.7 Å². The van der Waals surface area contributed by atoms with Crippen LogP contribution in [0.25, 0.3) is 5.78 Å². The number of nitrogens with zero attached hydrogens (tertiary/aromatic N) is 6. The smallest absolute Gasteiger partial charge is 0.370 e. The van der Waals surface area contributed by atoms with Crippen LogP contribution >= 0.6 is 0 Å². The largest absolute Gasteiger partial charge is 0.453 e. The molecule has 3 rings (SSSR count). The quantitative estimate of drug-likeness (QED) is 0.773. The van der Waals surface area contributed by atoms with E-state index in [0.29, 0.717) is 24.6 Å². The van der Waals surface area contributed by atoms with E-state index < -0.39 is 12.0 Å². The number of alkyl halides is 3. The van der Waals surface area contributed by atoms with Gasteiger partial charge in [-0.15, -0.1) is 5.10 Å². The van der Waals surface area contributed by atoms with E-state index in [0.717, 1.165) is 4.52 Å². The van der Waals surface area contributed by atoms with E-state index in [1.54, 1.807) is 23.9 Å². The number of rotatable bonds is 5. The predicted octanol–water partition coefficient (Wildman–Crippen LogP) is 2.40. The van der Waals surface area contributed by atoms with Crippen LogP contribution in [-0.4, -0.2) is 35.9 Å². The number of nitrogens with one attached hydrogen (secondary N) is 1. The molecule has 1 N–H and O–H groups in total. The van der Waals surface area contributed by atoms with E-state index in [4.69, 9.17) is 0 Å². The van der Waals surface area contributed by atoms with Crippen molar-refractivity contribution in [3.8, 4) is 0 Å². The van der Waals surface area contributed by atoms with E-state index in [1.165, 1.54) is 0 Å². The topological polar surface area (TPSA) is 72.9 Å². The maximum Gasteiger partial charge on any atom is 0.453 e. The van der Waals surface area contributed by atoms with Gasteiger partial charge >= 0.3 is 6.18 Å². The number of aromatic nitrogens is 6. The summed E-state index contributed by atoms with van der Waals surface area (Å²) in [5, 5.41) is 10.8. The van der Waals surface area contributed by atoms with E-state index in [1.807, 2.05) is 19.2 Å². The average Bonchev–Trinajstić information content (AvgIpc) is 3.13. The summed E-state index contributed by atoms with van der Waals surface area (Å²) in [6, 6.07) is 3.48. The minimum Gasteiger partial charge on any atom is -0.370 e. The molecular formula is C14H16F3N7. The van der Waals surface area contributed by atoms with E-state index in [-0.39, 0.29) is 11.7 Å². The zero-order chi connectivity index (χ0) is 17.3. The van der Waals surface area contributed by atoms with Crippen LogP contribution < -0.4 is 5.32 Å². The molecule has 0 saturated heterocycles. The Morgan fingerprint density at radius 2 is 2.08 bits per heavy atom. The van der Waals surface area contributed by atoms with Gasteiger partial charge in [0.1, 0.15) is 5.82 Å². The number of hydrogen-bond donors (Lipinski definition) is 1. The Balaban J connectivity index is 1.79. The van der Waals surface area contributed by atoms with E-state index >= 15 is 0 Å². The Hall–Kier alpha value is -2.65. The third-order valence-corrected chi connectivity index (χ3v) is 3.38. The molecule has 0 aromatic carbocycles. The van der Waals surface area contributed by atoms with Crippen molar-refractivity contribution >= 4 is 11.6 Å². The van der Waals surface area contributed by atoms with Gasteiger partial charge in [-0.25, -0.2) is 4.98 Å². The molecule has 0 radical (unpaired) electrons. The lowest BCUT2D eigenvalue weighted by Gasteiger charge is -2.14. The van der Waals surface area contributed by atoms with Crippen LogP contribution in [0.4, 0.5) is 19.0 Å². The molecule has 3 heterocycles. The minimum absolute atomic E-state index is 0.0791. The van der Waals surface area contributed by atoms with Gasteiger partial charge < -0.3 is 5.32 Å². The van der Waals surface area contributed by atoms with Crippen molar-refractivity contribution in [2.24, 2.45) is 5.92 Å². The van der Waals surface area contributed by atoms with Crippen LogP contribution in [0.15, 0.2) is 24.5 Å². The van der Waals surface area contributed by atoms with Crippen LogP contribution in [0, 0.1) is 12.8 Å². The van der Waals surface area contributed by atoms with Gasteiger partial charge in [0.25, 0.3) is 11.6 Å². The predicted molar refractivity (Wildman–Crippen MR) is 80.4 cm³/mol. The van der Waals surface area contributed by atoms with Gasteiger partial charge in [0, 0.05) is 37.2 Å². The molecule has 24 heavy (non-hydrogen) atoms. The fourth-order valence-corrected chi connectivity index (χ4v) is 2.30. The van der Waals surface area contributed by atoms with Crippen LogP contribution in [0.1, 0.15) is 18.4 Å². The van der Waals surface area contributed by atoms with Crippen molar-refractivity contribution in [2.75, 3.05) is 11.9 Å². The number of halogens is 3. The first-order chi connectivity index (χ1) is 11.3. The Labute approximate surface area is 135 Å². The summed E-state index contributed by atoms with van der Waals surface area (Å²) >= 11 is 0. The summed E-state index contributed by atoms with van der Waals surface area (Å²) in [6.07, 6.45) is -1.05. The van der Waals surface area contributed by atoms with Crippen LogP contribution in [0.2, 0.25) is 0 Å². The molecule has 0 amide bonds. The maximum absolute atomic E-state index is 12.8. The Morgan fingerprint density at radius 3 is 2.75 bits per heavy atom. The molecule has 0 bridgehead atoms. The summed E-state index contributed by atoms with van der Waals surface area (Å²) in [5.74, 6) is -0.648.